The standard InChI is InChI=1S/C11H17NO/c1-10(2)8-4-6-11(10,3)7-5-9(13)12-8/h5,7-8H,4,6H2,1-3H3,(H,12,13)/t8-,11-/m1/s1. The van der Waals surface area contributed by atoms with Gasteiger partial charge in [-0.25, -0.2) is 0 Å². The second kappa shape index (κ2) is 2.37. The third kappa shape index (κ3) is 1.04. The number of hydrogen-bond acceptors (Lipinski definition) is 1. The Morgan fingerprint density at radius 3 is 2.85 bits per heavy atom. The zero-order valence-corrected chi connectivity index (χ0v) is 8.55. The molecule has 2 atom stereocenters. The first-order valence-electron chi connectivity index (χ1n) is 4.95. The van der Waals surface area contributed by atoms with E-state index < -0.39 is 0 Å². The molecule has 72 valence electrons. The van der Waals surface area contributed by atoms with E-state index in [0.29, 0.717) is 6.04 Å². The van der Waals surface area contributed by atoms with E-state index in [9.17, 15) is 4.79 Å². The molecule has 0 unspecified atom stereocenters. The molecule has 13 heavy (non-hydrogen) atoms. The number of allylic oxidation sites excluding steroid dienone is 1. The fourth-order valence-corrected chi connectivity index (χ4v) is 2.56. The Morgan fingerprint density at radius 1 is 1.46 bits per heavy atom. The van der Waals surface area contributed by atoms with Gasteiger partial charge in [0, 0.05) is 6.04 Å². The average molecular weight is 179 g/mol. The van der Waals surface area contributed by atoms with E-state index in [4.69, 9.17) is 0 Å². The summed E-state index contributed by atoms with van der Waals surface area (Å²) in [7, 11) is 0. The van der Waals surface area contributed by atoms with Gasteiger partial charge in [0.05, 0.1) is 0 Å². The maximum Gasteiger partial charge on any atom is 0.243 e. The second-order valence-electron chi connectivity index (χ2n) is 5.07. The SMILES string of the molecule is CC1(C)[C@H]2CC[C@]1(C)C=CC(=O)N2. The fourth-order valence-electron chi connectivity index (χ4n) is 2.56. The molecule has 1 aliphatic heterocycles. The topological polar surface area (TPSA) is 29.1 Å². The van der Waals surface area contributed by atoms with Gasteiger partial charge in [0.1, 0.15) is 0 Å². The number of carbonyl (C=O) groups is 1. The van der Waals surface area contributed by atoms with E-state index in [0.717, 1.165) is 6.42 Å². The molecule has 2 nitrogen and oxygen atoms in total. The Kier molecular flexibility index (Phi) is 1.60. The lowest BCUT2D eigenvalue weighted by atomic mass is 9.68. The van der Waals surface area contributed by atoms with E-state index in [1.165, 1.54) is 6.42 Å². The molecule has 1 amide bonds. The molecule has 2 aliphatic rings. The number of amides is 1. The summed E-state index contributed by atoms with van der Waals surface area (Å²) >= 11 is 0. The van der Waals surface area contributed by atoms with Crippen molar-refractivity contribution >= 4 is 5.91 Å². The van der Waals surface area contributed by atoms with Gasteiger partial charge in [0.15, 0.2) is 0 Å². The van der Waals surface area contributed by atoms with E-state index in [1.54, 1.807) is 6.08 Å². The van der Waals surface area contributed by atoms with Crippen molar-refractivity contribution in [1.82, 2.24) is 5.32 Å². The Morgan fingerprint density at radius 2 is 2.15 bits per heavy atom. The molecular weight excluding hydrogens is 162 g/mol. The number of fused-ring (bicyclic) bond motifs is 2. The molecular formula is C11H17NO. The summed E-state index contributed by atoms with van der Waals surface area (Å²) in [5.41, 5.74) is 0.381. The minimum absolute atomic E-state index is 0.0708. The highest BCUT2D eigenvalue weighted by Gasteiger charge is 2.51. The van der Waals surface area contributed by atoms with Gasteiger partial charge in [0.2, 0.25) is 5.91 Å². The molecule has 1 aliphatic carbocycles. The second-order valence-corrected chi connectivity index (χ2v) is 5.07. The van der Waals surface area contributed by atoms with Crippen LogP contribution in [0.1, 0.15) is 33.6 Å². The molecule has 2 heteroatoms. The molecule has 0 aromatic rings. The predicted molar refractivity (Wildman–Crippen MR) is 52.2 cm³/mol. The van der Waals surface area contributed by atoms with Crippen LogP contribution in [0.5, 0.6) is 0 Å². The lowest BCUT2D eigenvalue weighted by Crippen LogP contribution is -2.43. The Hall–Kier alpha value is -0.790. The van der Waals surface area contributed by atoms with E-state index in [1.807, 2.05) is 0 Å². The van der Waals surface area contributed by atoms with Crippen molar-refractivity contribution in [2.75, 3.05) is 0 Å². The first kappa shape index (κ1) is 8.79. The molecule has 0 aromatic heterocycles. The molecule has 2 bridgehead atoms. The van der Waals surface area contributed by atoms with Gasteiger partial charge < -0.3 is 5.32 Å². The fraction of sp³-hybridized carbons (Fsp3) is 0.727. The average Bonchev–Trinajstić information content (AvgIpc) is 2.19. The predicted octanol–water partition coefficient (Wildman–Crippen LogP) is 1.87. The van der Waals surface area contributed by atoms with Crippen LogP contribution in [0.3, 0.4) is 0 Å². The number of hydrogen-bond donors (Lipinski definition) is 1. The summed E-state index contributed by atoms with van der Waals surface area (Å²) in [4.78, 5) is 11.3. The Bertz CT molecular complexity index is 280. The van der Waals surface area contributed by atoms with Crippen molar-refractivity contribution in [3.05, 3.63) is 12.2 Å². The van der Waals surface area contributed by atoms with Crippen LogP contribution in [0.2, 0.25) is 0 Å². The van der Waals surface area contributed by atoms with Gasteiger partial charge in [-0.15, -0.1) is 0 Å². The molecule has 0 aromatic carbocycles. The van der Waals surface area contributed by atoms with Gasteiger partial charge in [0.25, 0.3) is 0 Å². The largest absolute Gasteiger partial charge is 0.349 e. The highest BCUT2D eigenvalue weighted by atomic mass is 16.1. The Balaban J connectivity index is 2.45. The highest BCUT2D eigenvalue weighted by Crippen LogP contribution is 2.54. The van der Waals surface area contributed by atoms with Gasteiger partial charge in [-0.3, -0.25) is 4.79 Å². The van der Waals surface area contributed by atoms with Crippen LogP contribution in [-0.4, -0.2) is 11.9 Å². The van der Waals surface area contributed by atoms with Crippen molar-refractivity contribution in [1.29, 1.82) is 0 Å². The van der Waals surface area contributed by atoms with Crippen LogP contribution in [0.15, 0.2) is 12.2 Å². The van der Waals surface area contributed by atoms with E-state index in [2.05, 4.69) is 32.2 Å². The summed E-state index contributed by atoms with van der Waals surface area (Å²) in [5.74, 6) is 0.0708. The van der Waals surface area contributed by atoms with E-state index >= 15 is 0 Å². The minimum atomic E-state index is 0.0708. The summed E-state index contributed by atoms with van der Waals surface area (Å²) in [6, 6.07) is 0.347. The maximum atomic E-state index is 11.3. The molecule has 1 saturated carbocycles. The van der Waals surface area contributed by atoms with Crippen molar-refractivity contribution in [3.63, 3.8) is 0 Å². The summed E-state index contributed by atoms with van der Waals surface area (Å²) in [6.07, 6.45) is 6.08. The molecule has 0 radical (unpaired) electrons. The van der Waals surface area contributed by atoms with Gasteiger partial charge in [-0.2, -0.15) is 0 Å². The molecule has 1 heterocycles. The Labute approximate surface area is 79.4 Å². The lowest BCUT2D eigenvalue weighted by Gasteiger charge is -2.38. The first-order valence-corrected chi connectivity index (χ1v) is 4.95. The van der Waals surface area contributed by atoms with Crippen LogP contribution in [0.25, 0.3) is 0 Å². The molecule has 0 spiro atoms. The van der Waals surface area contributed by atoms with Crippen molar-refractivity contribution in [3.8, 4) is 0 Å². The van der Waals surface area contributed by atoms with Crippen LogP contribution in [-0.2, 0) is 4.79 Å². The van der Waals surface area contributed by atoms with Gasteiger partial charge >= 0.3 is 0 Å². The third-order valence-electron chi connectivity index (χ3n) is 4.21. The van der Waals surface area contributed by atoms with Crippen LogP contribution in [0.4, 0.5) is 0 Å². The molecule has 1 fully saturated rings. The van der Waals surface area contributed by atoms with Crippen molar-refractivity contribution < 1.29 is 4.79 Å². The summed E-state index contributed by atoms with van der Waals surface area (Å²) < 4.78 is 0. The molecule has 0 saturated heterocycles. The quantitative estimate of drug-likeness (QED) is 0.604. The number of carbonyl (C=O) groups excluding carboxylic acids is 1. The third-order valence-corrected chi connectivity index (χ3v) is 4.21. The molecule has 2 rings (SSSR count). The maximum absolute atomic E-state index is 11.3. The lowest BCUT2D eigenvalue weighted by molar-refractivity contribution is -0.117. The molecule has 1 N–H and O–H groups in total. The van der Waals surface area contributed by atoms with E-state index in [-0.39, 0.29) is 16.7 Å². The monoisotopic (exact) mass is 179 g/mol. The number of nitrogens with one attached hydrogen (secondary N) is 1. The van der Waals surface area contributed by atoms with Crippen LogP contribution >= 0.6 is 0 Å². The van der Waals surface area contributed by atoms with Crippen molar-refractivity contribution in [2.24, 2.45) is 10.8 Å². The zero-order chi connectivity index (χ0) is 9.69. The summed E-state index contributed by atoms with van der Waals surface area (Å²) in [6.45, 7) is 6.75. The normalized spacial score (nSPS) is 41.5. The van der Waals surface area contributed by atoms with Crippen LogP contribution in [0, 0.1) is 10.8 Å². The van der Waals surface area contributed by atoms with Crippen molar-refractivity contribution in [2.45, 2.75) is 39.7 Å². The minimum Gasteiger partial charge on any atom is -0.349 e. The number of rotatable bonds is 0. The first-order chi connectivity index (χ1) is 5.96. The van der Waals surface area contributed by atoms with Gasteiger partial charge in [-0.1, -0.05) is 26.8 Å². The zero-order valence-electron chi connectivity index (χ0n) is 8.55. The smallest absolute Gasteiger partial charge is 0.243 e. The summed E-state index contributed by atoms with van der Waals surface area (Å²) in [5, 5.41) is 3.06. The highest BCUT2D eigenvalue weighted by molar-refractivity contribution is 5.88. The van der Waals surface area contributed by atoms with Gasteiger partial charge in [-0.05, 0) is 29.7 Å². The van der Waals surface area contributed by atoms with Crippen LogP contribution < -0.4 is 5.32 Å².